The molecule has 1 amide bonds. The van der Waals surface area contributed by atoms with Gasteiger partial charge in [0.25, 0.3) is 5.91 Å². The molecule has 5 aromatic rings. The lowest BCUT2D eigenvalue weighted by Gasteiger charge is -2.33. The topological polar surface area (TPSA) is 159 Å². The molecule has 0 spiro atoms. The molecule has 1 saturated heterocycles. The Hall–Kier alpha value is -5.09. The highest BCUT2D eigenvalue weighted by atomic mass is 32.2. The van der Waals surface area contributed by atoms with Crippen molar-refractivity contribution in [1.29, 1.82) is 0 Å². The fourth-order valence-electron chi connectivity index (χ4n) is 5.32. The van der Waals surface area contributed by atoms with Gasteiger partial charge in [-0.15, -0.1) is 0 Å². The lowest BCUT2D eigenvalue weighted by atomic mass is 10.0. The highest BCUT2D eigenvalue weighted by Gasteiger charge is 2.38. The van der Waals surface area contributed by atoms with E-state index in [2.05, 4.69) is 9.97 Å². The van der Waals surface area contributed by atoms with Crippen molar-refractivity contribution in [1.82, 2.24) is 24.6 Å². The molecule has 0 bridgehead atoms. The number of nitrogens with two attached hydrogens (primary N) is 2. The highest BCUT2D eigenvalue weighted by Crippen LogP contribution is 2.36. The van der Waals surface area contributed by atoms with Crippen LogP contribution in [0.2, 0.25) is 0 Å². The number of rotatable bonds is 6. The van der Waals surface area contributed by atoms with Crippen LogP contribution < -0.4 is 15.6 Å². The van der Waals surface area contributed by atoms with Crippen molar-refractivity contribution in [2.45, 2.75) is 23.8 Å². The molecule has 4 N–H and O–H groups in total. The maximum Gasteiger partial charge on any atom is 0.258 e. The molecule has 11 nitrogen and oxygen atoms in total. The molecule has 16 heteroatoms. The molecule has 1 aliphatic heterocycles. The van der Waals surface area contributed by atoms with Crippen molar-refractivity contribution in [3.05, 3.63) is 89.8 Å². The first-order valence-corrected chi connectivity index (χ1v) is 15.0. The minimum Gasteiger partial charge on any atom is -0.457 e. The summed E-state index contributed by atoms with van der Waals surface area (Å²) in [5, 5.41) is 10.1. The number of hydrogen-bond donors (Lipinski definition) is 2. The van der Waals surface area contributed by atoms with E-state index >= 15 is 0 Å². The number of anilines is 1. The normalized spacial score (nSPS) is 15.4. The average Bonchev–Trinajstić information content (AvgIpc) is 3.43. The zero-order valence-corrected chi connectivity index (χ0v) is 23.9. The Morgan fingerprint density at radius 2 is 1.58 bits per heavy atom. The Kier molecular flexibility index (Phi) is 7.62. The van der Waals surface area contributed by atoms with Gasteiger partial charge < -0.3 is 15.4 Å². The number of likely N-dealkylation sites (tertiary alicyclic amines) is 1. The molecular formula is C29H23F4N7O4S. The number of fused-ring (bicyclic) bond motifs is 1. The Morgan fingerprint density at radius 1 is 0.911 bits per heavy atom. The fourth-order valence-corrected chi connectivity index (χ4v) is 6.13. The van der Waals surface area contributed by atoms with Gasteiger partial charge in [0.15, 0.2) is 28.9 Å². The summed E-state index contributed by atoms with van der Waals surface area (Å²) in [5.41, 5.74) is 6.08. The Morgan fingerprint density at radius 3 is 2.27 bits per heavy atom. The van der Waals surface area contributed by atoms with Gasteiger partial charge in [-0.3, -0.25) is 4.79 Å². The molecule has 0 unspecified atom stereocenters. The maximum atomic E-state index is 14.8. The Balaban J connectivity index is 1.35. The predicted molar refractivity (Wildman–Crippen MR) is 154 cm³/mol. The minimum absolute atomic E-state index is 0.0362. The number of amides is 1. The number of nitrogen functional groups attached to an aromatic ring is 1. The molecule has 1 atom stereocenters. The van der Waals surface area contributed by atoms with Crippen LogP contribution >= 0.6 is 0 Å². The quantitative estimate of drug-likeness (QED) is 0.155. The number of aromatic nitrogens is 4. The largest absolute Gasteiger partial charge is 0.457 e. The SMILES string of the molecule is Nc1ncnc2c1c(-c1ccc(Oc3ccccc3)cc1)nn2[C@@H]1CCCN(C(=O)c2c(F)c(F)c(F)c(F)c2S(N)(=O)=O)C1. The van der Waals surface area contributed by atoms with Gasteiger partial charge in [0.2, 0.25) is 10.0 Å². The van der Waals surface area contributed by atoms with Gasteiger partial charge in [0.05, 0.1) is 11.4 Å². The molecule has 1 fully saturated rings. The summed E-state index contributed by atoms with van der Waals surface area (Å²) in [7, 11) is -5.18. The van der Waals surface area contributed by atoms with Crippen molar-refractivity contribution >= 4 is 32.8 Å². The first-order valence-electron chi connectivity index (χ1n) is 13.5. The number of sulfonamides is 1. The van der Waals surface area contributed by atoms with Gasteiger partial charge in [-0.05, 0) is 49.2 Å². The summed E-state index contributed by atoms with van der Waals surface area (Å²) in [6, 6.07) is 15.6. The van der Waals surface area contributed by atoms with Crippen LogP contribution in [0, 0.1) is 23.3 Å². The van der Waals surface area contributed by atoms with Crippen LogP contribution in [0.3, 0.4) is 0 Å². The van der Waals surface area contributed by atoms with Crippen LogP contribution in [-0.2, 0) is 10.0 Å². The second-order valence-corrected chi connectivity index (χ2v) is 11.7. The van der Waals surface area contributed by atoms with Crippen molar-refractivity contribution in [2.75, 3.05) is 18.8 Å². The van der Waals surface area contributed by atoms with Crippen LogP contribution in [0.4, 0.5) is 23.4 Å². The Bertz CT molecular complexity index is 2060. The molecule has 2 aromatic heterocycles. The zero-order chi connectivity index (χ0) is 32.0. The first-order chi connectivity index (χ1) is 21.5. The summed E-state index contributed by atoms with van der Waals surface area (Å²) in [6.07, 6.45) is 1.97. The van der Waals surface area contributed by atoms with E-state index in [0.717, 1.165) is 4.90 Å². The molecule has 0 radical (unpaired) electrons. The van der Waals surface area contributed by atoms with Crippen molar-refractivity contribution in [3.8, 4) is 22.8 Å². The molecular weight excluding hydrogens is 618 g/mol. The third kappa shape index (κ3) is 5.42. The number of carbonyl (C=O) groups is 1. The summed E-state index contributed by atoms with van der Waals surface area (Å²) < 4.78 is 88.9. The van der Waals surface area contributed by atoms with Gasteiger partial charge in [0, 0.05) is 18.7 Å². The molecule has 0 saturated carbocycles. The van der Waals surface area contributed by atoms with Crippen LogP contribution in [0.25, 0.3) is 22.3 Å². The third-order valence-corrected chi connectivity index (χ3v) is 8.33. The van der Waals surface area contributed by atoms with E-state index in [9.17, 15) is 30.8 Å². The molecule has 1 aliphatic rings. The zero-order valence-electron chi connectivity index (χ0n) is 23.1. The number of ether oxygens (including phenoxy) is 1. The number of nitrogens with zero attached hydrogens (tertiary/aromatic N) is 5. The Labute approximate surface area is 253 Å². The standard InChI is InChI=1S/C29H23F4N7O4S/c30-21-19(26(45(35,42)43)24(33)23(32)22(21)31)29(41)39-12-4-5-16(13-39)40-28-20(27(34)36-14-37-28)25(38-40)15-8-10-18(11-9-15)44-17-6-2-1-3-7-17/h1-3,6-11,14,16H,4-5,12-13H2,(H2,34,36,37)(H2,35,42,43)/t16-/m1/s1. The molecule has 3 aromatic carbocycles. The number of halogens is 4. The monoisotopic (exact) mass is 641 g/mol. The molecule has 45 heavy (non-hydrogen) atoms. The number of hydrogen-bond acceptors (Lipinski definition) is 8. The summed E-state index contributed by atoms with van der Waals surface area (Å²) in [5.74, 6) is -9.25. The number of primary sulfonamides is 1. The number of benzene rings is 3. The fraction of sp³-hybridized carbons (Fsp3) is 0.172. The lowest BCUT2D eigenvalue weighted by molar-refractivity contribution is 0.0663. The lowest BCUT2D eigenvalue weighted by Crippen LogP contribution is -2.42. The van der Waals surface area contributed by atoms with E-state index in [1.165, 1.54) is 11.0 Å². The van der Waals surface area contributed by atoms with Gasteiger partial charge in [0.1, 0.15) is 39.8 Å². The number of para-hydroxylation sites is 1. The first kappa shape index (κ1) is 30.0. The number of carbonyl (C=O) groups excluding carboxylic acids is 1. The molecule has 232 valence electrons. The summed E-state index contributed by atoms with van der Waals surface area (Å²) in [6.45, 7) is -0.238. The second-order valence-electron chi connectivity index (χ2n) is 10.2. The minimum atomic E-state index is -5.18. The van der Waals surface area contributed by atoms with Gasteiger partial charge >= 0.3 is 0 Å². The molecule has 6 rings (SSSR count). The predicted octanol–water partition coefficient (Wildman–Crippen LogP) is 4.55. The second kappa shape index (κ2) is 11.4. The summed E-state index contributed by atoms with van der Waals surface area (Å²) in [4.78, 5) is 21.1. The average molecular weight is 642 g/mol. The highest BCUT2D eigenvalue weighted by molar-refractivity contribution is 7.89. The van der Waals surface area contributed by atoms with E-state index in [1.807, 2.05) is 30.3 Å². The van der Waals surface area contributed by atoms with E-state index in [4.69, 9.17) is 20.7 Å². The third-order valence-electron chi connectivity index (χ3n) is 7.38. The van der Waals surface area contributed by atoms with Crippen molar-refractivity contribution in [3.63, 3.8) is 0 Å². The van der Waals surface area contributed by atoms with E-state index in [1.54, 1.807) is 24.3 Å². The smallest absolute Gasteiger partial charge is 0.258 e. The van der Waals surface area contributed by atoms with Crippen LogP contribution in [-0.4, -0.2) is 52.1 Å². The van der Waals surface area contributed by atoms with Crippen molar-refractivity contribution < 1.29 is 35.5 Å². The summed E-state index contributed by atoms with van der Waals surface area (Å²) >= 11 is 0. The van der Waals surface area contributed by atoms with Gasteiger partial charge in [-0.1, -0.05) is 18.2 Å². The van der Waals surface area contributed by atoms with E-state index in [-0.39, 0.29) is 18.9 Å². The van der Waals surface area contributed by atoms with Crippen LogP contribution in [0.5, 0.6) is 11.5 Å². The molecule has 3 heterocycles. The van der Waals surface area contributed by atoms with Gasteiger partial charge in [-0.25, -0.2) is 45.8 Å². The maximum absolute atomic E-state index is 14.8. The van der Waals surface area contributed by atoms with E-state index < -0.39 is 55.7 Å². The van der Waals surface area contributed by atoms with Crippen molar-refractivity contribution in [2.24, 2.45) is 5.14 Å². The van der Waals surface area contributed by atoms with Crippen LogP contribution in [0.15, 0.2) is 65.8 Å². The van der Waals surface area contributed by atoms with Crippen LogP contribution in [0.1, 0.15) is 29.2 Å². The van der Waals surface area contributed by atoms with Gasteiger partial charge in [-0.2, -0.15) is 5.10 Å². The van der Waals surface area contributed by atoms with E-state index in [0.29, 0.717) is 46.6 Å². The molecule has 0 aliphatic carbocycles. The number of piperidine rings is 1.